The van der Waals surface area contributed by atoms with Crippen LogP contribution in [0.25, 0.3) is 12.2 Å². The molecule has 0 aromatic heterocycles. The van der Waals surface area contributed by atoms with Crippen molar-refractivity contribution in [1.29, 1.82) is 0 Å². The smallest absolute Gasteiger partial charge is 0.163 e. The van der Waals surface area contributed by atoms with Crippen molar-refractivity contribution in [3.8, 4) is 23.0 Å². The first-order valence-electron chi connectivity index (χ1n) is 8.08. The highest BCUT2D eigenvalue weighted by atomic mass is 16.5. The predicted molar refractivity (Wildman–Crippen MR) is 102 cm³/mol. The molecule has 27 heavy (non-hydrogen) atoms. The van der Waals surface area contributed by atoms with Gasteiger partial charge in [-0.05, 0) is 47.5 Å². The Morgan fingerprint density at radius 1 is 0.815 bits per heavy atom. The average Bonchev–Trinajstić information content (AvgIpc) is 2.66. The third kappa shape index (κ3) is 5.74. The van der Waals surface area contributed by atoms with Gasteiger partial charge in [0, 0.05) is 0 Å². The number of carbonyl (C=O) groups excluding carboxylic acids is 2. The first-order valence-corrected chi connectivity index (χ1v) is 8.08. The molecule has 140 valence electrons. The number of ether oxygens (including phenoxy) is 2. The Balaban J connectivity index is 1.96. The fourth-order valence-corrected chi connectivity index (χ4v) is 2.26. The normalized spacial score (nSPS) is 11.0. The number of ketones is 2. The van der Waals surface area contributed by atoms with Crippen molar-refractivity contribution >= 4 is 23.7 Å². The van der Waals surface area contributed by atoms with Crippen molar-refractivity contribution in [1.82, 2.24) is 0 Å². The minimum absolute atomic E-state index is 0.00662. The Labute approximate surface area is 157 Å². The standard InChI is InChI=1S/C21H20O6/c1-26-20-11-14(5-9-18(20)24)3-7-16(22)13-17(23)8-4-15-6-10-19(25)21(12-15)27-2/h3-12,24-25H,13H2,1-2H3/b7-3+,8-4?. The van der Waals surface area contributed by atoms with E-state index in [4.69, 9.17) is 9.47 Å². The number of rotatable bonds is 8. The second-order valence-electron chi connectivity index (χ2n) is 5.64. The third-order valence-corrected chi connectivity index (χ3v) is 3.68. The van der Waals surface area contributed by atoms with E-state index < -0.39 is 0 Å². The monoisotopic (exact) mass is 368 g/mol. The molecular weight excluding hydrogens is 348 g/mol. The molecule has 6 heteroatoms. The highest BCUT2D eigenvalue weighted by molar-refractivity contribution is 6.10. The van der Waals surface area contributed by atoms with Gasteiger partial charge in [0.25, 0.3) is 0 Å². The molecule has 0 fully saturated rings. The molecule has 0 saturated carbocycles. The first-order chi connectivity index (χ1) is 12.9. The summed E-state index contributed by atoms with van der Waals surface area (Å²) in [6.45, 7) is 0. The van der Waals surface area contributed by atoms with E-state index in [0.717, 1.165) is 0 Å². The van der Waals surface area contributed by atoms with Crippen molar-refractivity contribution in [2.75, 3.05) is 14.2 Å². The predicted octanol–water partition coefficient (Wildman–Crippen LogP) is 3.37. The molecule has 2 rings (SSSR count). The molecule has 6 nitrogen and oxygen atoms in total. The SMILES string of the molecule is COc1cc(C=CC(=O)CC(=O)/C=C/c2ccc(O)c(OC)c2)ccc1O. The lowest BCUT2D eigenvalue weighted by molar-refractivity contribution is -0.121. The molecule has 0 saturated heterocycles. The second kappa shape index (κ2) is 9.24. The molecule has 0 aliphatic rings. The van der Waals surface area contributed by atoms with Crippen LogP contribution >= 0.6 is 0 Å². The van der Waals surface area contributed by atoms with Crippen LogP contribution in [0.5, 0.6) is 23.0 Å². The zero-order chi connectivity index (χ0) is 19.8. The molecule has 2 N–H and O–H groups in total. The van der Waals surface area contributed by atoms with Crippen LogP contribution in [0.15, 0.2) is 48.6 Å². The van der Waals surface area contributed by atoms with E-state index in [1.165, 1.54) is 38.5 Å². The zero-order valence-corrected chi connectivity index (χ0v) is 15.0. The summed E-state index contributed by atoms with van der Waals surface area (Å²) < 4.78 is 10.00. The fourth-order valence-electron chi connectivity index (χ4n) is 2.26. The van der Waals surface area contributed by atoms with E-state index in [1.807, 2.05) is 0 Å². The summed E-state index contributed by atoms with van der Waals surface area (Å²) >= 11 is 0. The van der Waals surface area contributed by atoms with Gasteiger partial charge >= 0.3 is 0 Å². The van der Waals surface area contributed by atoms with Gasteiger partial charge in [-0.25, -0.2) is 0 Å². The van der Waals surface area contributed by atoms with Crippen molar-refractivity contribution in [3.63, 3.8) is 0 Å². The maximum absolute atomic E-state index is 11.9. The molecule has 0 amide bonds. The van der Waals surface area contributed by atoms with Crippen LogP contribution in [0.2, 0.25) is 0 Å². The third-order valence-electron chi connectivity index (χ3n) is 3.68. The first kappa shape index (κ1) is 19.8. The minimum Gasteiger partial charge on any atom is -0.504 e. The lowest BCUT2D eigenvalue weighted by Gasteiger charge is -2.03. The molecule has 0 unspecified atom stereocenters. The number of phenolic OH excluding ortho intramolecular Hbond substituents is 2. The average molecular weight is 368 g/mol. The van der Waals surface area contributed by atoms with E-state index in [0.29, 0.717) is 22.6 Å². The number of phenols is 2. The van der Waals surface area contributed by atoms with Crippen LogP contribution in [-0.2, 0) is 9.59 Å². The van der Waals surface area contributed by atoms with E-state index in [1.54, 1.807) is 36.4 Å². The van der Waals surface area contributed by atoms with E-state index in [2.05, 4.69) is 0 Å². The number of hydrogen-bond donors (Lipinski definition) is 2. The molecule has 0 radical (unpaired) electrons. The zero-order valence-electron chi connectivity index (χ0n) is 15.0. The molecule has 0 spiro atoms. The van der Waals surface area contributed by atoms with Gasteiger partial charge in [-0.3, -0.25) is 9.59 Å². The number of aromatic hydroxyl groups is 2. The van der Waals surface area contributed by atoms with Crippen LogP contribution in [0.4, 0.5) is 0 Å². The summed E-state index contributed by atoms with van der Waals surface area (Å²) in [5, 5.41) is 19.1. The molecule has 2 aromatic rings. The van der Waals surface area contributed by atoms with Gasteiger partial charge in [0.15, 0.2) is 34.6 Å². The number of carbonyl (C=O) groups is 2. The number of methoxy groups -OCH3 is 2. The Bertz CT molecular complexity index is 822. The van der Waals surface area contributed by atoms with Crippen LogP contribution in [-0.4, -0.2) is 36.0 Å². The summed E-state index contributed by atoms with van der Waals surface area (Å²) in [5.41, 5.74) is 1.33. The summed E-state index contributed by atoms with van der Waals surface area (Å²) in [7, 11) is 2.87. The Morgan fingerprint density at radius 2 is 1.22 bits per heavy atom. The van der Waals surface area contributed by atoms with Crippen LogP contribution in [0.1, 0.15) is 17.5 Å². The van der Waals surface area contributed by atoms with Crippen molar-refractivity contribution in [2.45, 2.75) is 6.42 Å². The van der Waals surface area contributed by atoms with Crippen LogP contribution in [0.3, 0.4) is 0 Å². The van der Waals surface area contributed by atoms with Gasteiger partial charge in [-0.2, -0.15) is 0 Å². The lowest BCUT2D eigenvalue weighted by Crippen LogP contribution is -2.01. The van der Waals surface area contributed by atoms with Crippen molar-refractivity contribution in [2.24, 2.45) is 0 Å². The Kier molecular flexibility index (Phi) is 6.77. The summed E-state index contributed by atoms with van der Waals surface area (Å²) in [6, 6.07) is 9.34. The van der Waals surface area contributed by atoms with Gasteiger partial charge in [0.2, 0.25) is 0 Å². The molecule has 0 aliphatic carbocycles. The van der Waals surface area contributed by atoms with Crippen LogP contribution in [0, 0.1) is 0 Å². The second-order valence-corrected chi connectivity index (χ2v) is 5.64. The van der Waals surface area contributed by atoms with E-state index in [9.17, 15) is 19.8 Å². The van der Waals surface area contributed by atoms with Gasteiger partial charge in [0.05, 0.1) is 20.6 Å². The summed E-state index contributed by atoms with van der Waals surface area (Å²) in [4.78, 5) is 23.9. The lowest BCUT2D eigenvalue weighted by atomic mass is 10.1. The number of benzene rings is 2. The maximum Gasteiger partial charge on any atom is 0.163 e. The maximum atomic E-state index is 11.9. The topological polar surface area (TPSA) is 93.1 Å². The molecule has 0 aliphatic heterocycles. The van der Waals surface area contributed by atoms with Gasteiger partial charge in [0.1, 0.15) is 0 Å². The van der Waals surface area contributed by atoms with Crippen molar-refractivity contribution in [3.05, 3.63) is 59.7 Å². The highest BCUT2D eigenvalue weighted by Crippen LogP contribution is 2.27. The van der Waals surface area contributed by atoms with Gasteiger partial charge < -0.3 is 19.7 Å². The molecule has 2 aromatic carbocycles. The largest absolute Gasteiger partial charge is 0.504 e. The van der Waals surface area contributed by atoms with E-state index >= 15 is 0 Å². The van der Waals surface area contributed by atoms with Gasteiger partial charge in [-0.15, -0.1) is 0 Å². The number of allylic oxidation sites excluding steroid dienone is 2. The van der Waals surface area contributed by atoms with Crippen LogP contribution < -0.4 is 9.47 Å². The van der Waals surface area contributed by atoms with Gasteiger partial charge in [-0.1, -0.05) is 24.3 Å². The quantitative estimate of drug-likeness (QED) is 0.548. The molecular formula is C21H20O6. The number of hydrogen-bond acceptors (Lipinski definition) is 6. The molecule has 0 heterocycles. The molecule has 0 atom stereocenters. The van der Waals surface area contributed by atoms with Crippen molar-refractivity contribution < 1.29 is 29.3 Å². The highest BCUT2D eigenvalue weighted by Gasteiger charge is 2.06. The Morgan fingerprint density at radius 3 is 1.59 bits per heavy atom. The fraction of sp³-hybridized carbons (Fsp3) is 0.143. The summed E-state index contributed by atoms with van der Waals surface area (Å²) in [5.74, 6) is -0.0832. The minimum atomic E-state index is -0.347. The van der Waals surface area contributed by atoms with E-state index in [-0.39, 0.29) is 29.5 Å². The summed E-state index contributed by atoms with van der Waals surface area (Å²) in [6.07, 6.45) is 5.44. The molecule has 0 bridgehead atoms. The Hall–Kier alpha value is -3.54.